The van der Waals surface area contributed by atoms with Gasteiger partial charge in [-0.15, -0.1) is 11.3 Å². The lowest BCUT2D eigenvalue weighted by molar-refractivity contribution is 0.590. The molecule has 454 valence electrons. The largest absolute Gasteiger partial charge is 0.311 e. The van der Waals surface area contributed by atoms with Crippen LogP contribution in [0.4, 0.5) is 34.1 Å². The summed E-state index contributed by atoms with van der Waals surface area (Å²) in [4.78, 5) is 5.37. The van der Waals surface area contributed by atoms with Crippen molar-refractivity contribution >= 4 is 111 Å². The lowest BCUT2D eigenvalue weighted by Crippen LogP contribution is -2.61. The molecule has 2 aliphatic heterocycles. The first-order chi connectivity index (χ1) is 44.7. The predicted octanol–water partition coefficient (Wildman–Crippen LogP) is 23.1. The van der Waals surface area contributed by atoms with Crippen LogP contribution in [0.25, 0.3) is 92.2 Å². The Morgan fingerprint density at radius 2 is 0.774 bits per heavy atom. The fourth-order valence-corrected chi connectivity index (χ4v) is 16.1. The Bertz CT molecular complexity index is 5160. The molecule has 0 fully saturated rings. The molecule has 14 aromatic rings. The molecule has 0 unspecified atom stereocenters. The number of anilines is 6. The van der Waals surface area contributed by atoms with E-state index in [0.29, 0.717) is 0 Å². The zero-order valence-electron chi connectivity index (χ0n) is 55.6. The number of aromatic nitrogens is 1. The number of benzene rings is 12. The van der Waals surface area contributed by atoms with E-state index in [1.807, 2.05) is 11.3 Å². The number of nitrogens with zero attached hydrogens (tertiary/aromatic N) is 3. The molecule has 2 aliphatic rings. The molecule has 0 radical (unpaired) electrons. The van der Waals surface area contributed by atoms with Crippen LogP contribution in [0.2, 0.25) is 0 Å². The first-order valence-electron chi connectivity index (χ1n) is 33.2. The van der Waals surface area contributed by atoms with Gasteiger partial charge in [-0.3, -0.25) is 0 Å². The second-order valence-corrected chi connectivity index (χ2v) is 31.3. The minimum absolute atomic E-state index is 0.0150. The van der Waals surface area contributed by atoms with Gasteiger partial charge >= 0.3 is 0 Å². The summed E-state index contributed by atoms with van der Waals surface area (Å²) in [6, 6.07) is 98.2. The number of fused-ring (bicyclic) bond motifs is 10. The van der Waals surface area contributed by atoms with Gasteiger partial charge in [-0.25, -0.2) is 0 Å². The quantitative estimate of drug-likeness (QED) is 0.147. The molecule has 4 heterocycles. The summed E-state index contributed by atoms with van der Waals surface area (Å²) in [5.41, 5.74) is 28.7. The van der Waals surface area contributed by atoms with Crippen LogP contribution < -0.4 is 26.2 Å². The van der Waals surface area contributed by atoms with E-state index in [1.165, 1.54) is 137 Å². The SMILES string of the molecule is CC(C)(C)c1ccc(-c2cc3c4c(c2)N(c2cccc5sc6ccccc6c25)c2ccc(-c5ccccc5)cc2B4c2cc(-n4c5ccc(C(C)(C)C)cc5c5cc(C(C)(C)C)ccc54)ccc2N3c2c(-c3ccccc3)cc(C(C)(C)C)cc2-c2ccccc2)cc1. The summed E-state index contributed by atoms with van der Waals surface area (Å²) in [7, 11) is 0. The van der Waals surface area contributed by atoms with Crippen LogP contribution in [-0.4, -0.2) is 11.3 Å². The first kappa shape index (κ1) is 58.4. The molecule has 0 amide bonds. The smallest absolute Gasteiger partial charge is 0.252 e. The average molecular weight is 1220 g/mol. The third-order valence-electron chi connectivity index (χ3n) is 20.0. The Labute approximate surface area is 553 Å². The Morgan fingerprint density at radius 1 is 0.301 bits per heavy atom. The van der Waals surface area contributed by atoms with Gasteiger partial charge in [0.05, 0.1) is 22.4 Å². The molecule has 5 heteroatoms. The van der Waals surface area contributed by atoms with Gasteiger partial charge in [0.1, 0.15) is 0 Å². The monoisotopic (exact) mass is 1220 g/mol. The van der Waals surface area contributed by atoms with Crippen molar-refractivity contribution in [2.24, 2.45) is 0 Å². The summed E-state index contributed by atoms with van der Waals surface area (Å²) in [6.07, 6.45) is 0. The van der Waals surface area contributed by atoms with Crippen LogP contribution in [0, 0.1) is 0 Å². The maximum absolute atomic E-state index is 2.71. The third-order valence-corrected chi connectivity index (χ3v) is 21.1. The van der Waals surface area contributed by atoms with Gasteiger partial charge in [-0.1, -0.05) is 247 Å². The van der Waals surface area contributed by atoms with Crippen molar-refractivity contribution in [3.05, 3.63) is 277 Å². The van der Waals surface area contributed by atoms with Crippen molar-refractivity contribution in [1.82, 2.24) is 4.57 Å². The second kappa shape index (κ2) is 21.4. The second-order valence-electron chi connectivity index (χ2n) is 30.2. The zero-order chi connectivity index (χ0) is 64.0. The van der Waals surface area contributed by atoms with E-state index in [1.54, 1.807) is 0 Å². The fraction of sp³-hybridized carbons (Fsp3) is 0.182. The number of rotatable bonds is 7. The van der Waals surface area contributed by atoms with Gasteiger partial charge in [0.25, 0.3) is 6.71 Å². The van der Waals surface area contributed by atoms with E-state index in [4.69, 9.17) is 0 Å². The molecule has 0 spiro atoms. The lowest BCUT2D eigenvalue weighted by atomic mass is 9.33. The minimum atomic E-state index is -0.214. The van der Waals surface area contributed by atoms with Gasteiger partial charge in [-0.05, 0) is 185 Å². The highest BCUT2D eigenvalue weighted by Gasteiger charge is 2.46. The highest BCUT2D eigenvalue weighted by atomic mass is 32.1. The molecule has 12 aromatic carbocycles. The Kier molecular flexibility index (Phi) is 13.5. The molecule has 3 nitrogen and oxygen atoms in total. The van der Waals surface area contributed by atoms with E-state index in [2.05, 4.69) is 352 Å². The van der Waals surface area contributed by atoms with Crippen molar-refractivity contribution in [2.45, 2.75) is 105 Å². The van der Waals surface area contributed by atoms with Crippen LogP contribution >= 0.6 is 11.3 Å². The van der Waals surface area contributed by atoms with Crippen molar-refractivity contribution < 1.29 is 0 Å². The topological polar surface area (TPSA) is 11.4 Å². The van der Waals surface area contributed by atoms with Crippen LogP contribution in [0.5, 0.6) is 0 Å². The van der Waals surface area contributed by atoms with Crippen molar-refractivity contribution in [3.8, 4) is 50.2 Å². The summed E-state index contributed by atoms with van der Waals surface area (Å²) >= 11 is 1.88. The molecule has 93 heavy (non-hydrogen) atoms. The molecule has 0 saturated heterocycles. The van der Waals surface area contributed by atoms with E-state index in [0.717, 1.165) is 28.3 Å². The zero-order valence-corrected chi connectivity index (χ0v) is 56.4. The standard InChI is InChI=1S/C88H78BN3S/c1-85(2,3)61-38-35-56(36-39-61)60-48-78-83-79(49-60)92(84-67(57-27-18-14-19-28-57)52-64(88(10,11)12)53-68(84)58-29-20-15-21-30-58)76-46-42-65(90-73-44-40-62(86(4,5)6)50-69(73)70-51-63(87(7,8)9)41-45-74(70)90)54-72(76)89(83)71-47-59(55-25-16-13-17-26-55)37-43-75(71)91(78)77-32-24-34-81-82(77)66-31-22-23-33-80(66)93-81/h13-54H,1-12H3. The molecule has 0 N–H and O–H groups in total. The summed E-state index contributed by atoms with van der Waals surface area (Å²) < 4.78 is 5.12. The normalized spacial score (nSPS) is 13.3. The van der Waals surface area contributed by atoms with E-state index < -0.39 is 0 Å². The van der Waals surface area contributed by atoms with Gasteiger partial charge in [-0.2, -0.15) is 0 Å². The van der Waals surface area contributed by atoms with Crippen molar-refractivity contribution in [1.29, 1.82) is 0 Å². The molecule has 0 saturated carbocycles. The molecular weight excluding hydrogens is 1140 g/mol. The van der Waals surface area contributed by atoms with Gasteiger partial charge in [0.15, 0.2) is 0 Å². The summed E-state index contributed by atoms with van der Waals surface area (Å²) in [5.74, 6) is 0. The average Bonchev–Trinajstić information content (AvgIpc) is 1.01. The Balaban J connectivity index is 1.09. The molecule has 16 rings (SSSR count). The van der Waals surface area contributed by atoms with Crippen LogP contribution in [0.1, 0.15) is 105 Å². The van der Waals surface area contributed by atoms with Gasteiger partial charge in [0.2, 0.25) is 0 Å². The fourth-order valence-electron chi connectivity index (χ4n) is 14.9. The lowest BCUT2D eigenvalue weighted by Gasteiger charge is -2.45. The van der Waals surface area contributed by atoms with Gasteiger partial charge < -0.3 is 14.4 Å². The summed E-state index contributed by atoms with van der Waals surface area (Å²) in [5, 5.41) is 5.09. The van der Waals surface area contributed by atoms with E-state index >= 15 is 0 Å². The van der Waals surface area contributed by atoms with Crippen molar-refractivity contribution in [2.75, 3.05) is 9.80 Å². The van der Waals surface area contributed by atoms with Crippen LogP contribution in [-0.2, 0) is 21.7 Å². The van der Waals surface area contributed by atoms with E-state index in [9.17, 15) is 0 Å². The maximum atomic E-state index is 2.71. The first-order valence-corrected chi connectivity index (χ1v) is 34.0. The number of thiophene rings is 1. The highest BCUT2D eigenvalue weighted by molar-refractivity contribution is 7.26. The molecular formula is C88H78BN3S. The molecule has 0 atom stereocenters. The van der Waals surface area contributed by atoms with Gasteiger partial charge in [0, 0.05) is 70.5 Å². The number of hydrogen-bond donors (Lipinski definition) is 0. The molecule has 0 bridgehead atoms. The summed E-state index contributed by atoms with van der Waals surface area (Å²) in [6.45, 7) is 27.8. The van der Waals surface area contributed by atoms with Crippen LogP contribution in [0.3, 0.4) is 0 Å². The molecule has 2 aromatic heterocycles. The molecule has 0 aliphatic carbocycles. The third kappa shape index (κ3) is 9.76. The number of hydrogen-bond acceptors (Lipinski definition) is 3. The van der Waals surface area contributed by atoms with E-state index in [-0.39, 0.29) is 28.4 Å². The Hall–Kier alpha value is -9.68. The van der Waals surface area contributed by atoms with Crippen LogP contribution in [0.15, 0.2) is 255 Å². The predicted molar refractivity (Wildman–Crippen MR) is 404 cm³/mol. The highest BCUT2D eigenvalue weighted by Crippen LogP contribution is 2.54. The van der Waals surface area contributed by atoms with Crippen molar-refractivity contribution in [3.63, 3.8) is 0 Å². The Morgan fingerprint density at radius 3 is 1.35 bits per heavy atom. The maximum Gasteiger partial charge on any atom is 0.252 e. The minimum Gasteiger partial charge on any atom is -0.311 e.